The number of rotatable bonds is 6. The average molecular weight is 308 g/mol. The van der Waals surface area contributed by atoms with Gasteiger partial charge < -0.3 is 20.3 Å². The van der Waals surface area contributed by atoms with Crippen LogP contribution in [0.25, 0.3) is 0 Å². The quantitative estimate of drug-likeness (QED) is 0.861. The third kappa shape index (κ3) is 4.11. The van der Waals surface area contributed by atoms with E-state index in [1.54, 1.807) is 31.4 Å². The van der Waals surface area contributed by atoms with E-state index in [-0.39, 0.29) is 6.61 Å². The van der Waals surface area contributed by atoms with Gasteiger partial charge in [0.05, 0.1) is 7.11 Å². The van der Waals surface area contributed by atoms with E-state index in [4.69, 9.17) is 26.8 Å². The fourth-order valence-corrected chi connectivity index (χ4v) is 2.16. The highest BCUT2D eigenvalue weighted by Crippen LogP contribution is 2.25. The molecule has 0 aliphatic rings. The number of benzene rings is 2. The Labute approximate surface area is 129 Å². The summed E-state index contributed by atoms with van der Waals surface area (Å²) in [5, 5.41) is 10.8. The molecule has 0 fully saturated rings. The fraction of sp³-hybridized carbons (Fsp3) is 0.250. The average Bonchev–Trinajstić information content (AvgIpc) is 2.53. The molecule has 0 aliphatic carbocycles. The molecule has 0 heterocycles. The number of halogens is 1. The van der Waals surface area contributed by atoms with Gasteiger partial charge in [-0.2, -0.15) is 0 Å². The van der Waals surface area contributed by atoms with E-state index in [9.17, 15) is 5.11 Å². The summed E-state index contributed by atoms with van der Waals surface area (Å²) in [6, 6.07) is 12.5. The van der Waals surface area contributed by atoms with Gasteiger partial charge in [0, 0.05) is 17.1 Å². The van der Waals surface area contributed by atoms with Gasteiger partial charge in [0.1, 0.15) is 24.2 Å². The lowest BCUT2D eigenvalue weighted by atomic mass is 10.1. The smallest absolute Gasteiger partial charge is 0.124 e. The zero-order chi connectivity index (χ0) is 15.2. The Kier molecular flexibility index (Phi) is 5.44. The first kappa shape index (κ1) is 15.6. The van der Waals surface area contributed by atoms with Gasteiger partial charge in [-0.1, -0.05) is 23.7 Å². The maximum Gasteiger partial charge on any atom is 0.124 e. The van der Waals surface area contributed by atoms with Crippen LogP contribution in [0, 0.1) is 0 Å². The number of methoxy groups -OCH3 is 1. The van der Waals surface area contributed by atoms with Gasteiger partial charge in [-0.15, -0.1) is 0 Å². The van der Waals surface area contributed by atoms with Crippen molar-refractivity contribution in [1.29, 1.82) is 0 Å². The highest BCUT2D eigenvalue weighted by molar-refractivity contribution is 6.30. The Morgan fingerprint density at radius 3 is 2.76 bits per heavy atom. The molecule has 0 aliphatic heterocycles. The van der Waals surface area contributed by atoms with Crippen LogP contribution in [0.1, 0.15) is 17.2 Å². The first-order valence-electron chi connectivity index (χ1n) is 6.57. The summed E-state index contributed by atoms with van der Waals surface area (Å²) in [5.41, 5.74) is 7.20. The van der Waals surface area contributed by atoms with E-state index in [0.717, 1.165) is 11.1 Å². The second-order valence-electron chi connectivity index (χ2n) is 4.56. The predicted octanol–water partition coefficient (Wildman–Crippen LogP) is 2.92. The lowest BCUT2D eigenvalue weighted by Gasteiger charge is -2.15. The van der Waals surface area contributed by atoms with Crippen LogP contribution in [-0.2, 0) is 6.54 Å². The number of hydrogen-bond acceptors (Lipinski definition) is 4. The Morgan fingerprint density at radius 2 is 2.05 bits per heavy atom. The summed E-state index contributed by atoms with van der Waals surface area (Å²) in [7, 11) is 1.59. The molecule has 0 aromatic heterocycles. The number of hydrogen-bond donors (Lipinski definition) is 2. The van der Waals surface area contributed by atoms with Gasteiger partial charge in [-0.3, -0.25) is 0 Å². The Morgan fingerprint density at radius 1 is 1.24 bits per heavy atom. The van der Waals surface area contributed by atoms with Crippen LogP contribution in [-0.4, -0.2) is 18.8 Å². The molecule has 3 N–H and O–H groups in total. The maximum absolute atomic E-state index is 10.2. The molecule has 21 heavy (non-hydrogen) atoms. The van der Waals surface area contributed by atoms with Crippen LogP contribution >= 0.6 is 11.6 Å². The molecule has 0 bridgehead atoms. The summed E-state index contributed by atoms with van der Waals surface area (Å²) in [4.78, 5) is 0. The Balaban J connectivity index is 2.05. The lowest BCUT2D eigenvalue weighted by molar-refractivity contribution is 0.107. The van der Waals surface area contributed by atoms with Crippen LogP contribution in [0.2, 0.25) is 5.02 Å². The molecule has 2 aromatic carbocycles. The monoisotopic (exact) mass is 307 g/mol. The molecular weight excluding hydrogens is 290 g/mol. The van der Waals surface area contributed by atoms with Crippen LogP contribution < -0.4 is 15.2 Å². The summed E-state index contributed by atoms with van der Waals surface area (Å²) < 4.78 is 10.8. The highest BCUT2D eigenvalue weighted by atomic mass is 35.5. The summed E-state index contributed by atoms with van der Waals surface area (Å²) in [6.45, 7) is 0.451. The van der Waals surface area contributed by atoms with Gasteiger partial charge in [0.15, 0.2) is 0 Å². The first-order chi connectivity index (χ1) is 10.1. The van der Waals surface area contributed by atoms with Crippen molar-refractivity contribution in [3.8, 4) is 11.5 Å². The van der Waals surface area contributed by atoms with E-state index in [1.807, 2.05) is 18.2 Å². The van der Waals surface area contributed by atoms with Crippen molar-refractivity contribution in [2.45, 2.75) is 12.6 Å². The van der Waals surface area contributed by atoms with E-state index < -0.39 is 6.10 Å². The molecule has 112 valence electrons. The minimum absolute atomic E-state index is 0.127. The van der Waals surface area contributed by atoms with Crippen molar-refractivity contribution >= 4 is 11.6 Å². The van der Waals surface area contributed by atoms with Crippen molar-refractivity contribution in [3.63, 3.8) is 0 Å². The molecule has 2 aromatic rings. The number of nitrogens with two attached hydrogens (primary N) is 1. The van der Waals surface area contributed by atoms with E-state index >= 15 is 0 Å². The first-order valence-corrected chi connectivity index (χ1v) is 6.95. The molecule has 2 rings (SSSR count). The largest absolute Gasteiger partial charge is 0.497 e. The van der Waals surface area contributed by atoms with Crippen molar-refractivity contribution in [3.05, 3.63) is 58.6 Å². The fourth-order valence-electron chi connectivity index (χ4n) is 1.96. The minimum atomic E-state index is -0.749. The number of aliphatic hydroxyl groups is 1. The normalized spacial score (nSPS) is 12.0. The minimum Gasteiger partial charge on any atom is -0.497 e. The molecule has 0 saturated carbocycles. The van der Waals surface area contributed by atoms with Gasteiger partial charge in [-0.05, 0) is 35.9 Å². The lowest BCUT2D eigenvalue weighted by Crippen LogP contribution is -2.11. The van der Waals surface area contributed by atoms with Gasteiger partial charge >= 0.3 is 0 Å². The molecule has 0 saturated heterocycles. The molecular formula is C16H18ClNO3. The van der Waals surface area contributed by atoms with E-state index in [2.05, 4.69) is 0 Å². The zero-order valence-electron chi connectivity index (χ0n) is 11.8. The second-order valence-corrected chi connectivity index (χ2v) is 5.00. The Bertz CT molecular complexity index is 604. The topological polar surface area (TPSA) is 64.7 Å². The van der Waals surface area contributed by atoms with E-state index in [0.29, 0.717) is 23.1 Å². The zero-order valence-corrected chi connectivity index (χ0v) is 12.5. The van der Waals surface area contributed by atoms with Crippen LogP contribution in [0.15, 0.2) is 42.5 Å². The molecule has 0 radical (unpaired) electrons. The molecule has 4 nitrogen and oxygen atoms in total. The number of aliphatic hydroxyl groups excluding tert-OH is 1. The predicted molar refractivity (Wildman–Crippen MR) is 82.8 cm³/mol. The third-order valence-corrected chi connectivity index (χ3v) is 3.35. The molecule has 0 spiro atoms. The van der Waals surface area contributed by atoms with Crippen LogP contribution in [0.3, 0.4) is 0 Å². The summed E-state index contributed by atoms with van der Waals surface area (Å²) >= 11 is 5.91. The summed E-state index contributed by atoms with van der Waals surface area (Å²) in [6.07, 6.45) is -0.749. The van der Waals surface area contributed by atoms with Crippen molar-refractivity contribution in [2.75, 3.05) is 13.7 Å². The molecule has 1 unspecified atom stereocenters. The molecule has 5 heteroatoms. The molecule has 1 atom stereocenters. The van der Waals surface area contributed by atoms with Crippen molar-refractivity contribution < 1.29 is 14.6 Å². The second kappa shape index (κ2) is 7.31. The number of ether oxygens (including phenoxy) is 2. The standard InChI is InChI=1S/C16H18ClNO3/c1-20-14-4-2-3-11(8-14)15(19)10-21-16-6-5-13(17)7-12(16)9-18/h2-8,15,19H,9-10,18H2,1H3. The maximum atomic E-state index is 10.2. The van der Waals surface area contributed by atoms with E-state index in [1.165, 1.54) is 0 Å². The third-order valence-electron chi connectivity index (χ3n) is 3.12. The van der Waals surface area contributed by atoms with Crippen molar-refractivity contribution in [2.24, 2.45) is 5.73 Å². The van der Waals surface area contributed by atoms with Gasteiger partial charge in [0.25, 0.3) is 0 Å². The van der Waals surface area contributed by atoms with Gasteiger partial charge in [-0.25, -0.2) is 0 Å². The summed E-state index contributed by atoms with van der Waals surface area (Å²) in [5.74, 6) is 1.32. The van der Waals surface area contributed by atoms with Crippen molar-refractivity contribution in [1.82, 2.24) is 0 Å². The van der Waals surface area contributed by atoms with Gasteiger partial charge in [0.2, 0.25) is 0 Å². The van der Waals surface area contributed by atoms with Crippen LogP contribution in [0.4, 0.5) is 0 Å². The SMILES string of the molecule is COc1cccc(C(O)COc2ccc(Cl)cc2CN)c1. The van der Waals surface area contributed by atoms with Crippen LogP contribution in [0.5, 0.6) is 11.5 Å². The molecule has 0 amide bonds. The highest BCUT2D eigenvalue weighted by Gasteiger charge is 2.11. The Hall–Kier alpha value is -1.75.